The summed E-state index contributed by atoms with van der Waals surface area (Å²) in [6.45, 7) is 2.02. The minimum Gasteiger partial charge on any atom is -0.254 e. The predicted octanol–water partition coefficient (Wildman–Crippen LogP) is 3.21. The molecule has 0 radical (unpaired) electrons. The van der Waals surface area contributed by atoms with Gasteiger partial charge in [0.1, 0.15) is 0 Å². The Labute approximate surface area is 91.2 Å². The Kier molecular flexibility index (Phi) is 2.59. The Morgan fingerprint density at radius 3 is 2.07 bits per heavy atom. The van der Waals surface area contributed by atoms with Crippen molar-refractivity contribution in [3.05, 3.63) is 46.7 Å². The van der Waals surface area contributed by atoms with Crippen LogP contribution < -0.4 is 0 Å². The first-order chi connectivity index (χ1) is 6.75. The van der Waals surface area contributed by atoms with E-state index in [1.165, 1.54) is 0 Å². The normalized spacial score (nSPS) is 10.1. The van der Waals surface area contributed by atoms with Gasteiger partial charge in [0.25, 0.3) is 0 Å². The molecule has 0 spiro atoms. The maximum absolute atomic E-state index is 4.30. The zero-order valence-electron chi connectivity index (χ0n) is 7.74. The number of pyridine rings is 2. The summed E-state index contributed by atoms with van der Waals surface area (Å²) in [5.74, 6) is 0. The van der Waals surface area contributed by atoms with Gasteiger partial charge in [-0.2, -0.15) is 0 Å². The number of hydrogen-bond acceptors (Lipinski definition) is 2. The molecule has 0 saturated heterocycles. The topological polar surface area (TPSA) is 25.8 Å². The molecule has 2 nitrogen and oxygen atoms in total. The van der Waals surface area contributed by atoms with Crippen LogP contribution in [-0.4, -0.2) is 9.97 Å². The molecule has 2 aromatic heterocycles. The van der Waals surface area contributed by atoms with Crippen molar-refractivity contribution in [1.82, 2.24) is 9.97 Å². The lowest BCUT2D eigenvalue weighted by molar-refractivity contribution is 1.22. The van der Waals surface area contributed by atoms with E-state index in [4.69, 9.17) is 0 Å². The fourth-order valence-corrected chi connectivity index (χ4v) is 1.38. The highest BCUT2D eigenvalue weighted by molar-refractivity contribution is 9.10. The molecule has 0 bridgehead atoms. The van der Waals surface area contributed by atoms with Crippen molar-refractivity contribution < 1.29 is 0 Å². The fraction of sp³-hybridized carbons (Fsp3) is 0.0909. The van der Waals surface area contributed by atoms with E-state index in [0.717, 1.165) is 21.4 Å². The second-order valence-corrected chi connectivity index (χ2v) is 4.00. The average molecular weight is 249 g/mol. The molecule has 0 saturated carbocycles. The Morgan fingerprint density at radius 1 is 0.929 bits per heavy atom. The molecule has 2 rings (SSSR count). The van der Waals surface area contributed by atoms with E-state index < -0.39 is 0 Å². The first-order valence-electron chi connectivity index (χ1n) is 4.30. The van der Waals surface area contributed by atoms with Crippen molar-refractivity contribution in [3.63, 3.8) is 0 Å². The number of aryl methyl sites for hydroxylation is 1. The molecule has 14 heavy (non-hydrogen) atoms. The Bertz CT molecular complexity index is 377. The van der Waals surface area contributed by atoms with Crippen LogP contribution in [0.5, 0.6) is 0 Å². The van der Waals surface area contributed by atoms with Gasteiger partial charge in [-0.05, 0) is 46.6 Å². The van der Waals surface area contributed by atoms with Gasteiger partial charge in [-0.15, -0.1) is 0 Å². The lowest BCUT2D eigenvalue weighted by Crippen LogP contribution is -1.86. The van der Waals surface area contributed by atoms with Crippen molar-refractivity contribution in [2.24, 2.45) is 0 Å². The lowest BCUT2D eigenvalue weighted by atomic mass is 10.2. The summed E-state index contributed by atoms with van der Waals surface area (Å²) >= 11 is 3.35. The molecule has 0 unspecified atom stereocenters. The highest BCUT2D eigenvalue weighted by Gasteiger charge is 1.99. The Hall–Kier alpha value is -1.22. The minimum absolute atomic E-state index is 0.896. The average Bonchev–Trinajstić information content (AvgIpc) is 2.21. The third kappa shape index (κ3) is 1.99. The van der Waals surface area contributed by atoms with Gasteiger partial charge in [0.05, 0.1) is 11.4 Å². The maximum Gasteiger partial charge on any atom is 0.0886 e. The van der Waals surface area contributed by atoms with E-state index in [-0.39, 0.29) is 0 Å². The lowest BCUT2D eigenvalue weighted by Gasteiger charge is -1.99. The zero-order valence-corrected chi connectivity index (χ0v) is 9.32. The van der Waals surface area contributed by atoms with Crippen molar-refractivity contribution >= 4 is 15.9 Å². The van der Waals surface area contributed by atoms with Gasteiger partial charge in [0.15, 0.2) is 0 Å². The SMILES string of the molecule is Cc1ccc(-c2ccc(Br)cn2)nc1. The maximum atomic E-state index is 4.30. The molecule has 0 atom stereocenters. The van der Waals surface area contributed by atoms with Gasteiger partial charge in [0, 0.05) is 16.9 Å². The van der Waals surface area contributed by atoms with Crippen LogP contribution in [0.1, 0.15) is 5.56 Å². The molecule has 2 heterocycles. The number of nitrogens with zero attached hydrogens (tertiary/aromatic N) is 2. The first-order valence-corrected chi connectivity index (χ1v) is 5.09. The molecule has 0 N–H and O–H groups in total. The summed E-state index contributed by atoms with van der Waals surface area (Å²) in [5, 5.41) is 0. The third-order valence-electron chi connectivity index (χ3n) is 1.90. The summed E-state index contributed by atoms with van der Waals surface area (Å²) in [4.78, 5) is 8.57. The summed E-state index contributed by atoms with van der Waals surface area (Å²) in [5.41, 5.74) is 2.96. The van der Waals surface area contributed by atoms with E-state index in [1.54, 1.807) is 6.20 Å². The van der Waals surface area contributed by atoms with E-state index in [0.29, 0.717) is 0 Å². The second kappa shape index (κ2) is 3.88. The largest absolute Gasteiger partial charge is 0.254 e. The van der Waals surface area contributed by atoms with E-state index in [2.05, 4.69) is 25.9 Å². The van der Waals surface area contributed by atoms with Crippen molar-refractivity contribution in [2.75, 3.05) is 0 Å². The third-order valence-corrected chi connectivity index (χ3v) is 2.37. The molecule has 3 heteroatoms. The van der Waals surface area contributed by atoms with Crippen molar-refractivity contribution in [3.8, 4) is 11.4 Å². The van der Waals surface area contributed by atoms with Crippen LogP contribution in [0.4, 0.5) is 0 Å². The van der Waals surface area contributed by atoms with Crippen LogP contribution in [0, 0.1) is 6.92 Å². The smallest absolute Gasteiger partial charge is 0.0886 e. The summed E-state index contributed by atoms with van der Waals surface area (Å²) < 4.78 is 0.980. The number of rotatable bonds is 1. The Balaban J connectivity index is 2.40. The van der Waals surface area contributed by atoms with Crippen LogP contribution in [0.3, 0.4) is 0 Å². The van der Waals surface area contributed by atoms with Crippen LogP contribution in [-0.2, 0) is 0 Å². The molecule has 0 aliphatic carbocycles. The highest BCUT2D eigenvalue weighted by atomic mass is 79.9. The van der Waals surface area contributed by atoms with E-state index in [9.17, 15) is 0 Å². The van der Waals surface area contributed by atoms with Gasteiger partial charge >= 0.3 is 0 Å². The Morgan fingerprint density at radius 2 is 1.57 bits per heavy atom. The van der Waals surface area contributed by atoms with Crippen LogP contribution >= 0.6 is 15.9 Å². The number of aromatic nitrogens is 2. The quantitative estimate of drug-likeness (QED) is 0.775. The first kappa shape index (κ1) is 9.34. The summed E-state index contributed by atoms with van der Waals surface area (Å²) in [6, 6.07) is 7.92. The van der Waals surface area contributed by atoms with Crippen LogP contribution in [0.2, 0.25) is 0 Å². The molecule has 0 aliphatic rings. The van der Waals surface area contributed by atoms with Gasteiger partial charge < -0.3 is 0 Å². The van der Waals surface area contributed by atoms with E-state index in [1.807, 2.05) is 37.4 Å². The number of halogens is 1. The fourth-order valence-electron chi connectivity index (χ4n) is 1.15. The molecule has 0 fully saturated rings. The zero-order chi connectivity index (χ0) is 9.97. The molecule has 70 valence electrons. The van der Waals surface area contributed by atoms with Gasteiger partial charge in [-0.25, -0.2) is 0 Å². The standard InChI is InChI=1S/C11H9BrN2/c1-8-2-4-10(13-6-8)11-5-3-9(12)7-14-11/h2-7H,1H3. The van der Waals surface area contributed by atoms with Crippen molar-refractivity contribution in [1.29, 1.82) is 0 Å². The summed E-state index contributed by atoms with van der Waals surface area (Å²) in [7, 11) is 0. The molecular formula is C11H9BrN2. The van der Waals surface area contributed by atoms with Crippen molar-refractivity contribution in [2.45, 2.75) is 6.92 Å². The highest BCUT2D eigenvalue weighted by Crippen LogP contribution is 2.16. The number of hydrogen-bond donors (Lipinski definition) is 0. The van der Waals surface area contributed by atoms with Gasteiger partial charge in [0.2, 0.25) is 0 Å². The minimum atomic E-state index is 0.896. The second-order valence-electron chi connectivity index (χ2n) is 3.08. The van der Waals surface area contributed by atoms with Gasteiger partial charge in [-0.3, -0.25) is 9.97 Å². The molecule has 2 aromatic rings. The van der Waals surface area contributed by atoms with Gasteiger partial charge in [-0.1, -0.05) is 6.07 Å². The monoisotopic (exact) mass is 248 g/mol. The molecule has 0 aromatic carbocycles. The van der Waals surface area contributed by atoms with Crippen LogP contribution in [0.15, 0.2) is 41.1 Å². The van der Waals surface area contributed by atoms with Crippen LogP contribution in [0.25, 0.3) is 11.4 Å². The predicted molar refractivity (Wildman–Crippen MR) is 59.9 cm³/mol. The molecular weight excluding hydrogens is 240 g/mol. The summed E-state index contributed by atoms with van der Waals surface area (Å²) in [6.07, 6.45) is 3.62. The molecule has 0 amide bonds. The molecule has 0 aliphatic heterocycles. The van der Waals surface area contributed by atoms with E-state index >= 15 is 0 Å².